The molecule has 1 aliphatic rings. The number of benzene rings is 3. The summed E-state index contributed by atoms with van der Waals surface area (Å²) in [5, 5.41) is 3.20. The van der Waals surface area contributed by atoms with Gasteiger partial charge in [0.1, 0.15) is 17.2 Å². The maximum Gasteiger partial charge on any atom is 0.282 e. The second-order valence-corrected chi connectivity index (χ2v) is 8.01. The summed E-state index contributed by atoms with van der Waals surface area (Å²) in [6.45, 7) is 8.81. The molecule has 3 aromatic carbocycles. The molecule has 6 heteroatoms. The van der Waals surface area contributed by atoms with E-state index in [1.165, 1.54) is 4.90 Å². The first-order valence-corrected chi connectivity index (χ1v) is 11.4. The Balaban J connectivity index is 1.80. The molecule has 0 saturated heterocycles. The first-order valence-electron chi connectivity index (χ1n) is 11.4. The largest absolute Gasteiger partial charge is 0.494 e. The first kappa shape index (κ1) is 23.1. The van der Waals surface area contributed by atoms with Crippen molar-refractivity contribution in [2.45, 2.75) is 27.7 Å². The Hall–Kier alpha value is -4.06. The van der Waals surface area contributed by atoms with E-state index in [0.29, 0.717) is 47.2 Å². The maximum atomic E-state index is 13.7. The number of nitrogens with zero attached hydrogens (tertiary/aromatic N) is 1. The Morgan fingerprint density at radius 1 is 0.765 bits per heavy atom. The molecule has 6 nitrogen and oxygen atoms in total. The number of nitrogens with one attached hydrogen (secondary N) is 1. The fourth-order valence-electron chi connectivity index (χ4n) is 3.90. The minimum atomic E-state index is -0.423. The zero-order chi connectivity index (χ0) is 24.2. The second kappa shape index (κ2) is 9.83. The van der Waals surface area contributed by atoms with Gasteiger partial charge in [0.15, 0.2) is 0 Å². The minimum Gasteiger partial charge on any atom is -0.494 e. The lowest BCUT2D eigenvalue weighted by molar-refractivity contribution is -0.120. The van der Waals surface area contributed by atoms with Crippen LogP contribution >= 0.6 is 0 Å². The number of rotatable bonds is 8. The van der Waals surface area contributed by atoms with Crippen LogP contribution in [0.15, 0.2) is 72.4 Å². The molecule has 1 aliphatic heterocycles. The van der Waals surface area contributed by atoms with E-state index < -0.39 is 5.91 Å². The minimum absolute atomic E-state index is 0.226. The zero-order valence-electron chi connectivity index (χ0n) is 19.8. The van der Waals surface area contributed by atoms with E-state index in [0.717, 1.165) is 11.1 Å². The molecule has 0 fully saturated rings. The molecule has 0 aliphatic carbocycles. The SMILES string of the molecule is CCOc1cccc(NC2=C(c3ccc(C)c(C)c3)C(=O)N(c3cccc(OCC)c3)C2=O)c1. The summed E-state index contributed by atoms with van der Waals surface area (Å²) in [6.07, 6.45) is 0. The van der Waals surface area contributed by atoms with E-state index in [1.807, 2.05) is 70.2 Å². The van der Waals surface area contributed by atoms with E-state index in [9.17, 15) is 9.59 Å². The molecular formula is C28H28N2O4. The number of hydrogen-bond donors (Lipinski definition) is 1. The lowest BCUT2D eigenvalue weighted by Crippen LogP contribution is -2.32. The molecule has 0 saturated carbocycles. The summed E-state index contributed by atoms with van der Waals surface area (Å²) < 4.78 is 11.2. The van der Waals surface area contributed by atoms with Crippen LogP contribution in [0.2, 0.25) is 0 Å². The van der Waals surface area contributed by atoms with Crippen molar-refractivity contribution < 1.29 is 19.1 Å². The Labute approximate surface area is 199 Å². The number of aryl methyl sites for hydroxylation is 2. The van der Waals surface area contributed by atoms with Crippen molar-refractivity contribution in [1.82, 2.24) is 0 Å². The highest BCUT2D eigenvalue weighted by Crippen LogP contribution is 2.35. The number of ether oxygens (including phenoxy) is 2. The van der Waals surface area contributed by atoms with Crippen LogP contribution in [0.3, 0.4) is 0 Å². The van der Waals surface area contributed by atoms with Crippen molar-refractivity contribution >= 4 is 28.8 Å². The van der Waals surface area contributed by atoms with E-state index in [2.05, 4.69) is 5.32 Å². The lowest BCUT2D eigenvalue weighted by atomic mass is 9.99. The third-order valence-electron chi connectivity index (χ3n) is 5.68. The fourth-order valence-corrected chi connectivity index (χ4v) is 3.90. The molecule has 1 N–H and O–H groups in total. The van der Waals surface area contributed by atoms with Gasteiger partial charge in [-0.2, -0.15) is 0 Å². The summed E-state index contributed by atoms with van der Waals surface area (Å²) >= 11 is 0. The Morgan fingerprint density at radius 2 is 1.44 bits per heavy atom. The van der Waals surface area contributed by atoms with Crippen LogP contribution in [-0.4, -0.2) is 25.0 Å². The number of amides is 2. The van der Waals surface area contributed by atoms with E-state index in [4.69, 9.17) is 9.47 Å². The summed E-state index contributed by atoms with van der Waals surface area (Å²) in [5.74, 6) is 0.470. The average Bonchev–Trinajstić information content (AvgIpc) is 3.06. The highest BCUT2D eigenvalue weighted by atomic mass is 16.5. The van der Waals surface area contributed by atoms with Gasteiger partial charge < -0.3 is 14.8 Å². The highest BCUT2D eigenvalue weighted by molar-refractivity contribution is 6.46. The zero-order valence-corrected chi connectivity index (χ0v) is 19.8. The number of carbonyl (C=O) groups is 2. The Bertz CT molecular complexity index is 1280. The van der Waals surface area contributed by atoms with Crippen LogP contribution in [0.5, 0.6) is 11.5 Å². The molecular weight excluding hydrogens is 428 g/mol. The quantitative estimate of drug-likeness (QED) is 0.454. The van der Waals surface area contributed by atoms with Crippen molar-refractivity contribution in [2.75, 3.05) is 23.4 Å². The molecule has 0 aromatic heterocycles. The summed E-state index contributed by atoms with van der Waals surface area (Å²) in [5.41, 5.74) is 4.52. The smallest absolute Gasteiger partial charge is 0.282 e. The number of carbonyl (C=O) groups excluding carboxylic acids is 2. The topological polar surface area (TPSA) is 67.9 Å². The second-order valence-electron chi connectivity index (χ2n) is 8.01. The van der Waals surface area contributed by atoms with E-state index >= 15 is 0 Å². The third kappa shape index (κ3) is 4.53. The molecule has 3 aromatic rings. The van der Waals surface area contributed by atoms with Crippen LogP contribution < -0.4 is 19.7 Å². The highest BCUT2D eigenvalue weighted by Gasteiger charge is 2.40. The van der Waals surface area contributed by atoms with Crippen LogP contribution in [0.4, 0.5) is 11.4 Å². The Kier molecular flexibility index (Phi) is 6.68. The molecule has 34 heavy (non-hydrogen) atoms. The van der Waals surface area contributed by atoms with Crippen LogP contribution in [0.1, 0.15) is 30.5 Å². The van der Waals surface area contributed by atoms with Crippen molar-refractivity contribution in [3.8, 4) is 11.5 Å². The molecule has 2 amide bonds. The van der Waals surface area contributed by atoms with Crippen molar-refractivity contribution in [1.29, 1.82) is 0 Å². The third-order valence-corrected chi connectivity index (χ3v) is 5.68. The van der Waals surface area contributed by atoms with Gasteiger partial charge in [-0.3, -0.25) is 9.59 Å². The van der Waals surface area contributed by atoms with Gasteiger partial charge in [-0.1, -0.05) is 30.3 Å². The average molecular weight is 457 g/mol. The van der Waals surface area contributed by atoms with E-state index in [1.54, 1.807) is 24.3 Å². The molecule has 4 rings (SSSR count). The van der Waals surface area contributed by atoms with Gasteiger partial charge in [0.2, 0.25) is 0 Å². The molecule has 174 valence electrons. The summed E-state index contributed by atoms with van der Waals surface area (Å²) in [4.78, 5) is 28.5. The van der Waals surface area contributed by atoms with Gasteiger partial charge >= 0.3 is 0 Å². The van der Waals surface area contributed by atoms with Crippen molar-refractivity contribution in [3.63, 3.8) is 0 Å². The number of hydrogen-bond acceptors (Lipinski definition) is 5. The predicted octanol–water partition coefficient (Wildman–Crippen LogP) is 5.50. The lowest BCUT2D eigenvalue weighted by Gasteiger charge is -2.16. The molecule has 0 radical (unpaired) electrons. The fraction of sp³-hybridized carbons (Fsp3) is 0.214. The molecule has 0 spiro atoms. The summed E-state index contributed by atoms with van der Waals surface area (Å²) in [6, 6.07) is 20.1. The van der Waals surface area contributed by atoms with Crippen LogP contribution in [0.25, 0.3) is 5.57 Å². The molecule has 0 atom stereocenters. The van der Waals surface area contributed by atoms with Gasteiger partial charge in [-0.05, 0) is 68.7 Å². The maximum absolute atomic E-state index is 13.7. The van der Waals surface area contributed by atoms with E-state index in [-0.39, 0.29) is 11.6 Å². The van der Waals surface area contributed by atoms with Crippen LogP contribution in [-0.2, 0) is 9.59 Å². The summed E-state index contributed by atoms with van der Waals surface area (Å²) in [7, 11) is 0. The monoisotopic (exact) mass is 456 g/mol. The van der Waals surface area contributed by atoms with Gasteiger partial charge in [-0.25, -0.2) is 4.90 Å². The van der Waals surface area contributed by atoms with Gasteiger partial charge in [-0.15, -0.1) is 0 Å². The number of imide groups is 1. The first-order chi connectivity index (χ1) is 16.4. The molecule has 0 unspecified atom stereocenters. The Morgan fingerprint density at radius 3 is 2.12 bits per heavy atom. The van der Waals surface area contributed by atoms with Gasteiger partial charge in [0.25, 0.3) is 11.8 Å². The predicted molar refractivity (Wildman–Crippen MR) is 134 cm³/mol. The number of anilines is 2. The van der Waals surface area contributed by atoms with Crippen molar-refractivity contribution in [2.24, 2.45) is 0 Å². The van der Waals surface area contributed by atoms with Crippen molar-refractivity contribution in [3.05, 3.63) is 89.1 Å². The standard InChI is InChI=1S/C28H28N2O4/c1-5-33-23-11-7-9-21(16-23)29-26-25(20-14-13-18(3)19(4)15-20)27(31)30(28(26)32)22-10-8-12-24(17-22)34-6-2/h7-17,29H,5-6H2,1-4H3. The molecule has 0 bridgehead atoms. The normalized spacial score (nSPS) is 13.5. The van der Waals surface area contributed by atoms with Crippen LogP contribution in [0, 0.1) is 13.8 Å². The molecule has 1 heterocycles. The van der Waals surface area contributed by atoms with Gasteiger partial charge in [0.05, 0.1) is 24.5 Å². The van der Waals surface area contributed by atoms with Gasteiger partial charge in [0, 0.05) is 17.8 Å².